The van der Waals surface area contributed by atoms with Gasteiger partial charge in [0.2, 0.25) is 0 Å². The van der Waals surface area contributed by atoms with Crippen LogP contribution in [0.3, 0.4) is 0 Å². The van der Waals surface area contributed by atoms with Gasteiger partial charge in [0, 0.05) is 10.8 Å². The summed E-state index contributed by atoms with van der Waals surface area (Å²) in [6.45, 7) is 2.26. The predicted molar refractivity (Wildman–Crippen MR) is 112 cm³/mol. The highest BCUT2D eigenvalue weighted by Crippen LogP contribution is 2.37. The average molecular weight is 338 g/mol. The highest BCUT2D eigenvalue weighted by atomic mass is 16.3. The van der Waals surface area contributed by atoms with E-state index < -0.39 is 0 Å². The minimum atomic E-state index is 0.960. The van der Waals surface area contributed by atoms with E-state index in [1.165, 1.54) is 63.6 Å². The van der Waals surface area contributed by atoms with Crippen LogP contribution in [-0.4, -0.2) is 0 Å². The Morgan fingerprint density at radius 1 is 0.692 bits per heavy atom. The first-order chi connectivity index (χ1) is 12.8. The standard InChI is InChI=1S/C25H22O/c1-2-3-4-7-17-10-12-19-18(16-17)11-13-21-20(19)14-15-24-25(21)22-8-5-6-9-23(22)26-24/h5-6,8-16H,2-4,7H2,1H3. The van der Waals surface area contributed by atoms with Crippen LogP contribution in [-0.2, 0) is 6.42 Å². The summed E-state index contributed by atoms with van der Waals surface area (Å²) in [6, 6.07) is 24.1. The summed E-state index contributed by atoms with van der Waals surface area (Å²) in [7, 11) is 0. The Kier molecular flexibility index (Phi) is 3.67. The summed E-state index contributed by atoms with van der Waals surface area (Å²) >= 11 is 0. The first-order valence-corrected chi connectivity index (χ1v) is 9.61. The lowest BCUT2D eigenvalue weighted by molar-refractivity contribution is 0.669. The number of furan rings is 1. The Hall–Kier alpha value is -2.80. The van der Waals surface area contributed by atoms with Gasteiger partial charge in [0.05, 0.1) is 0 Å². The van der Waals surface area contributed by atoms with Crippen molar-refractivity contribution >= 4 is 43.5 Å². The zero-order valence-electron chi connectivity index (χ0n) is 15.1. The Morgan fingerprint density at radius 3 is 2.46 bits per heavy atom. The van der Waals surface area contributed by atoms with Gasteiger partial charge in [-0.1, -0.05) is 74.4 Å². The van der Waals surface area contributed by atoms with E-state index >= 15 is 0 Å². The number of rotatable bonds is 4. The smallest absolute Gasteiger partial charge is 0.136 e. The molecule has 26 heavy (non-hydrogen) atoms. The monoisotopic (exact) mass is 338 g/mol. The van der Waals surface area contributed by atoms with E-state index in [4.69, 9.17) is 4.42 Å². The van der Waals surface area contributed by atoms with E-state index in [1.807, 2.05) is 12.1 Å². The molecule has 5 aromatic rings. The van der Waals surface area contributed by atoms with Gasteiger partial charge in [0.15, 0.2) is 0 Å². The van der Waals surface area contributed by atoms with Gasteiger partial charge in [-0.25, -0.2) is 0 Å². The lowest BCUT2D eigenvalue weighted by Crippen LogP contribution is -1.86. The molecular formula is C25H22O. The first-order valence-electron chi connectivity index (χ1n) is 9.61. The van der Waals surface area contributed by atoms with E-state index in [9.17, 15) is 0 Å². The zero-order chi connectivity index (χ0) is 17.5. The van der Waals surface area contributed by atoms with E-state index in [-0.39, 0.29) is 0 Å². The van der Waals surface area contributed by atoms with Crippen LogP contribution in [0.25, 0.3) is 43.5 Å². The Morgan fingerprint density at radius 2 is 1.54 bits per heavy atom. The van der Waals surface area contributed by atoms with Crippen molar-refractivity contribution in [1.82, 2.24) is 0 Å². The van der Waals surface area contributed by atoms with Crippen LogP contribution < -0.4 is 0 Å². The fourth-order valence-corrected chi connectivity index (χ4v) is 4.15. The molecule has 0 unspecified atom stereocenters. The zero-order valence-corrected chi connectivity index (χ0v) is 15.1. The topological polar surface area (TPSA) is 13.1 Å². The van der Waals surface area contributed by atoms with Gasteiger partial charge in [0.1, 0.15) is 11.2 Å². The van der Waals surface area contributed by atoms with Gasteiger partial charge in [-0.15, -0.1) is 0 Å². The second kappa shape index (κ2) is 6.17. The van der Waals surface area contributed by atoms with Crippen LogP contribution in [0, 0.1) is 0 Å². The maximum atomic E-state index is 6.05. The SMILES string of the molecule is CCCCCc1ccc2c(ccc3c2ccc2oc4ccccc4c23)c1. The molecule has 0 amide bonds. The molecule has 128 valence electrons. The molecule has 0 aliphatic carbocycles. The summed E-state index contributed by atoms with van der Waals surface area (Å²) < 4.78 is 6.05. The fraction of sp³-hybridized carbons (Fsp3) is 0.200. The van der Waals surface area contributed by atoms with Crippen LogP contribution in [0.5, 0.6) is 0 Å². The molecule has 0 bridgehead atoms. The Balaban J connectivity index is 1.73. The highest BCUT2D eigenvalue weighted by molar-refractivity contribution is 6.23. The van der Waals surface area contributed by atoms with Crippen molar-refractivity contribution in [3.8, 4) is 0 Å². The molecular weight excluding hydrogens is 316 g/mol. The minimum Gasteiger partial charge on any atom is -0.456 e. The third-order valence-corrected chi connectivity index (χ3v) is 5.49. The molecule has 0 atom stereocenters. The van der Waals surface area contributed by atoms with Crippen LogP contribution in [0.15, 0.2) is 71.1 Å². The maximum absolute atomic E-state index is 6.05. The second-order valence-electron chi connectivity index (χ2n) is 7.21. The molecule has 0 spiro atoms. The number of para-hydroxylation sites is 1. The number of aryl methyl sites for hydroxylation is 1. The molecule has 0 fully saturated rings. The summed E-state index contributed by atoms with van der Waals surface area (Å²) in [6.07, 6.45) is 5.03. The number of fused-ring (bicyclic) bond motifs is 7. The molecule has 0 saturated heterocycles. The highest BCUT2D eigenvalue weighted by Gasteiger charge is 2.11. The average Bonchev–Trinajstić information content (AvgIpc) is 3.06. The molecule has 0 aliphatic heterocycles. The molecule has 1 aromatic heterocycles. The molecule has 0 aliphatic rings. The lowest BCUT2D eigenvalue weighted by atomic mass is 9.96. The molecule has 1 heteroatoms. The fourth-order valence-electron chi connectivity index (χ4n) is 4.15. The summed E-state index contributed by atoms with van der Waals surface area (Å²) in [5, 5.41) is 7.67. The van der Waals surface area contributed by atoms with Crippen molar-refractivity contribution in [2.75, 3.05) is 0 Å². The predicted octanol–water partition coefficient (Wildman–Crippen LogP) is 7.63. The summed E-state index contributed by atoms with van der Waals surface area (Å²) in [5.74, 6) is 0. The molecule has 0 N–H and O–H groups in total. The lowest BCUT2D eigenvalue weighted by Gasteiger charge is -2.08. The van der Waals surface area contributed by atoms with Crippen molar-refractivity contribution in [3.63, 3.8) is 0 Å². The van der Waals surface area contributed by atoms with Crippen molar-refractivity contribution in [3.05, 3.63) is 72.3 Å². The van der Waals surface area contributed by atoms with E-state index in [0.717, 1.165) is 11.2 Å². The maximum Gasteiger partial charge on any atom is 0.136 e. The van der Waals surface area contributed by atoms with Crippen LogP contribution in [0.4, 0.5) is 0 Å². The number of benzene rings is 4. The molecule has 0 saturated carbocycles. The van der Waals surface area contributed by atoms with Crippen molar-refractivity contribution in [1.29, 1.82) is 0 Å². The Bertz CT molecular complexity index is 1240. The van der Waals surface area contributed by atoms with Crippen LogP contribution >= 0.6 is 0 Å². The van der Waals surface area contributed by atoms with Gasteiger partial charge < -0.3 is 4.42 Å². The second-order valence-corrected chi connectivity index (χ2v) is 7.21. The summed E-state index contributed by atoms with van der Waals surface area (Å²) in [5.41, 5.74) is 3.37. The number of hydrogen-bond acceptors (Lipinski definition) is 1. The Labute approximate surface area is 153 Å². The van der Waals surface area contributed by atoms with Gasteiger partial charge in [0.25, 0.3) is 0 Å². The summed E-state index contributed by atoms with van der Waals surface area (Å²) in [4.78, 5) is 0. The molecule has 4 aromatic carbocycles. The third kappa shape index (κ3) is 2.39. The largest absolute Gasteiger partial charge is 0.456 e. The van der Waals surface area contributed by atoms with Gasteiger partial charge in [-0.2, -0.15) is 0 Å². The van der Waals surface area contributed by atoms with Gasteiger partial charge >= 0.3 is 0 Å². The van der Waals surface area contributed by atoms with Crippen molar-refractivity contribution < 1.29 is 4.42 Å². The van der Waals surface area contributed by atoms with Crippen molar-refractivity contribution in [2.45, 2.75) is 32.6 Å². The van der Waals surface area contributed by atoms with Gasteiger partial charge in [-0.05, 0) is 52.1 Å². The molecule has 1 nitrogen and oxygen atoms in total. The number of unbranched alkanes of at least 4 members (excludes halogenated alkanes) is 2. The van der Waals surface area contributed by atoms with E-state index in [2.05, 4.69) is 61.5 Å². The molecule has 1 heterocycles. The van der Waals surface area contributed by atoms with Crippen molar-refractivity contribution in [2.24, 2.45) is 0 Å². The molecule has 0 radical (unpaired) electrons. The van der Waals surface area contributed by atoms with Gasteiger partial charge in [-0.3, -0.25) is 0 Å². The van der Waals surface area contributed by atoms with E-state index in [1.54, 1.807) is 0 Å². The normalized spacial score (nSPS) is 11.9. The van der Waals surface area contributed by atoms with Crippen LogP contribution in [0.2, 0.25) is 0 Å². The third-order valence-electron chi connectivity index (χ3n) is 5.49. The minimum absolute atomic E-state index is 0.960. The quantitative estimate of drug-likeness (QED) is 0.242. The van der Waals surface area contributed by atoms with E-state index in [0.29, 0.717) is 0 Å². The first kappa shape index (κ1) is 15.5. The van der Waals surface area contributed by atoms with Crippen LogP contribution in [0.1, 0.15) is 31.7 Å². The molecule has 5 rings (SSSR count). The number of hydrogen-bond donors (Lipinski definition) is 0.